The molecule has 0 bridgehead atoms. The largest absolute Gasteiger partial charge is 0.418 e. The van der Waals surface area contributed by atoms with Crippen molar-refractivity contribution in [3.05, 3.63) is 47.1 Å². The molecule has 84 valence electrons. The van der Waals surface area contributed by atoms with Crippen LogP contribution in [0.5, 0.6) is 0 Å². The number of nitrogens with zero attached hydrogens (tertiary/aromatic N) is 2. The Kier molecular flexibility index (Phi) is 2.34. The van der Waals surface area contributed by atoms with Gasteiger partial charge in [-0.2, -0.15) is 0 Å². The van der Waals surface area contributed by atoms with E-state index in [4.69, 9.17) is 16.0 Å². The third-order valence-electron chi connectivity index (χ3n) is 2.66. The van der Waals surface area contributed by atoms with Gasteiger partial charge in [-0.3, -0.25) is 0 Å². The fourth-order valence-electron chi connectivity index (χ4n) is 1.72. The molecule has 0 fully saturated rings. The third kappa shape index (κ3) is 1.68. The Balaban J connectivity index is 2.24. The summed E-state index contributed by atoms with van der Waals surface area (Å²) in [4.78, 5) is 8.51. The lowest BCUT2D eigenvalue weighted by Gasteiger charge is -2.02. The fraction of sp³-hybridized carbons (Fsp3) is 0.0769. The minimum absolute atomic E-state index is 0.543. The molecule has 0 aliphatic heterocycles. The molecular formula is C13H9ClN2O. The van der Waals surface area contributed by atoms with Crippen LogP contribution in [0.1, 0.15) is 5.56 Å². The van der Waals surface area contributed by atoms with Crippen LogP contribution in [-0.4, -0.2) is 9.97 Å². The van der Waals surface area contributed by atoms with E-state index in [9.17, 15) is 0 Å². The van der Waals surface area contributed by atoms with Crippen molar-refractivity contribution in [1.82, 2.24) is 9.97 Å². The van der Waals surface area contributed by atoms with Crippen LogP contribution in [0, 0.1) is 6.92 Å². The minimum Gasteiger partial charge on any atom is -0.418 e. The van der Waals surface area contributed by atoms with Gasteiger partial charge in [-0.15, -0.1) is 0 Å². The standard InChI is InChI=1S/C13H9ClN2O/c1-8-9(4-2-5-10(8)14)12-16-11-6-3-7-15-13(11)17-12/h2-7H,1H3. The lowest BCUT2D eigenvalue weighted by molar-refractivity contribution is 0.607. The molecule has 2 heterocycles. The topological polar surface area (TPSA) is 38.9 Å². The number of benzene rings is 1. The molecule has 0 N–H and O–H groups in total. The molecule has 3 rings (SSSR count). The maximum atomic E-state index is 6.08. The van der Waals surface area contributed by atoms with Gasteiger partial charge in [0.1, 0.15) is 5.52 Å². The molecule has 0 atom stereocenters. The molecule has 4 heteroatoms. The lowest BCUT2D eigenvalue weighted by Crippen LogP contribution is -1.83. The van der Waals surface area contributed by atoms with Crippen LogP contribution in [0.25, 0.3) is 22.7 Å². The summed E-state index contributed by atoms with van der Waals surface area (Å²) in [6.07, 6.45) is 1.68. The van der Waals surface area contributed by atoms with E-state index < -0.39 is 0 Å². The second-order valence-corrected chi connectivity index (χ2v) is 4.17. The highest BCUT2D eigenvalue weighted by Gasteiger charge is 2.12. The third-order valence-corrected chi connectivity index (χ3v) is 3.07. The van der Waals surface area contributed by atoms with Crippen LogP contribution in [0.2, 0.25) is 5.02 Å². The summed E-state index contributed by atoms with van der Waals surface area (Å²) in [5.74, 6) is 0.554. The van der Waals surface area contributed by atoms with Crippen LogP contribution < -0.4 is 0 Å². The van der Waals surface area contributed by atoms with Crippen LogP contribution >= 0.6 is 11.6 Å². The Hall–Kier alpha value is -1.87. The van der Waals surface area contributed by atoms with Gasteiger partial charge in [-0.1, -0.05) is 17.7 Å². The highest BCUT2D eigenvalue weighted by Crippen LogP contribution is 2.29. The molecule has 17 heavy (non-hydrogen) atoms. The first-order chi connectivity index (χ1) is 8.25. The normalized spacial score (nSPS) is 10.9. The van der Waals surface area contributed by atoms with E-state index in [0.29, 0.717) is 16.6 Å². The summed E-state index contributed by atoms with van der Waals surface area (Å²) in [6, 6.07) is 9.37. The first-order valence-electron chi connectivity index (χ1n) is 5.23. The van der Waals surface area contributed by atoms with Crippen molar-refractivity contribution >= 4 is 22.8 Å². The van der Waals surface area contributed by atoms with Gasteiger partial charge < -0.3 is 4.42 Å². The monoisotopic (exact) mass is 244 g/mol. The van der Waals surface area contributed by atoms with E-state index in [1.54, 1.807) is 6.20 Å². The average molecular weight is 245 g/mol. The molecule has 0 spiro atoms. The van der Waals surface area contributed by atoms with Crippen molar-refractivity contribution in [2.45, 2.75) is 6.92 Å². The summed E-state index contributed by atoms with van der Waals surface area (Å²) < 4.78 is 5.61. The quantitative estimate of drug-likeness (QED) is 0.653. The van der Waals surface area contributed by atoms with Crippen molar-refractivity contribution in [3.8, 4) is 11.5 Å². The van der Waals surface area contributed by atoms with E-state index >= 15 is 0 Å². The van der Waals surface area contributed by atoms with Crippen LogP contribution in [0.15, 0.2) is 40.9 Å². The van der Waals surface area contributed by atoms with E-state index in [2.05, 4.69) is 9.97 Å². The molecule has 0 unspecified atom stereocenters. The Labute approximate surface area is 103 Å². The lowest BCUT2D eigenvalue weighted by atomic mass is 10.1. The second kappa shape index (κ2) is 3.86. The molecule has 1 aromatic carbocycles. The number of pyridine rings is 1. The summed E-state index contributed by atoms with van der Waals surface area (Å²) in [5, 5.41) is 0.706. The summed E-state index contributed by atoms with van der Waals surface area (Å²) in [5.41, 5.74) is 3.15. The van der Waals surface area contributed by atoms with Crippen molar-refractivity contribution in [3.63, 3.8) is 0 Å². The van der Waals surface area contributed by atoms with Crippen molar-refractivity contribution in [2.75, 3.05) is 0 Å². The minimum atomic E-state index is 0.543. The van der Waals surface area contributed by atoms with Crippen LogP contribution in [0.3, 0.4) is 0 Å². The van der Waals surface area contributed by atoms with Gasteiger partial charge in [-0.25, -0.2) is 9.97 Å². The van der Waals surface area contributed by atoms with Gasteiger partial charge in [0, 0.05) is 16.8 Å². The van der Waals surface area contributed by atoms with E-state index in [-0.39, 0.29) is 0 Å². The summed E-state index contributed by atoms with van der Waals surface area (Å²) >= 11 is 6.08. The van der Waals surface area contributed by atoms with Crippen molar-refractivity contribution < 1.29 is 4.42 Å². The fourth-order valence-corrected chi connectivity index (χ4v) is 1.90. The van der Waals surface area contributed by atoms with Crippen LogP contribution in [-0.2, 0) is 0 Å². The number of hydrogen-bond donors (Lipinski definition) is 0. The molecule has 0 amide bonds. The van der Waals surface area contributed by atoms with Gasteiger partial charge in [0.15, 0.2) is 0 Å². The summed E-state index contributed by atoms with van der Waals surface area (Å²) in [7, 11) is 0. The maximum absolute atomic E-state index is 6.08. The van der Waals surface area contributed by atoms with Gasteiger partial charge in [0.05, 0.1) is 0 Å². The maximum Gasteiger partial charge on any atom is 0.247 e. The number of rotatable bonds is 1. The van der Waals surface area contributed by atoms with Gasteiger partial charge in [0.2, 0.25) is 11.6 Å². The molecule has 0 aliphatic carbocycles. The Bertz CT molecular complexity index is 658. The van der Waals surface area contributed by atoms with Crippen LogP contribution in [0.4, 0.5) is 0 Å². The zero-order chi connectivity index (χ0) is 11.8. The zero-order valence-corrected chi connectivity index (χ0v) is 9.90. The molecule has 3 aromatic rings. The van der Waals surface area contributed by atoms with Crippen molar-refractivity contribution in [2.24, 2.45) is 0 Å². The van der Waals surface area contributed by atoms with E-state index in [1.165, 1.54) is 0 Å². The first-order valence-corrected chi connectivity index (χ1v) is 5.60. The molecule has 0 aliphatic rings. The second-order valence-electron chi connectivity index (χ2n) is 3.76. The number of oxazole rings is 1. The number of aromatic nitrogens is 2. The Morgan fingerprint density at radius 1 is 1.18 bits per heavy atom. The molecule has 2 aromatic heterocycles. The SMILES string of the molecule is Cc1c(Cl)cccc1-c1nc2cccnc2o1. The number of fused-ring (bicyclic) bond motifs is 1. The zero-order valence-electron chi connectivity index (χ0n) is 9.14. The van der Waals surface area contributed by atoms with Gasteiger partial charge in [0.25, 0.3) is 0 Å². The molecule has 3 nitrogen and oxygen atoms in total. The Morgan fingerprint density at radius 3 is 2.88 bits per heavy atom. The predicted molar refractivity (Wildman–Crippen MR) is 67.0 cm³/mol. The molecule has 0 saturated heterocycles. The Morgan fingerprint density at radius 2 is 2.06 bits per heavy atom. The van der Waals surface area contributed by atoms with Gasteiger partial charge >= 0.3 is 0 Å². The summed E-state index contributed by atoms with van der Waals surface area (Å²) in [6.45, 7) is 1.94. The molecule has 0 saturated carbocycles. The van der Waals surface area contributed by atoms with E-state index in [1.807, 2.05) is 37.3 Å². The van der Waals surface area contributed by atoms with Crippen molar-refractivity contribution in [1.29, 1.82) is 0 Å². The smallest absolute Gasteiger partial charge is 0.247 e. The van der Waals surface area contributed by atoms with Gasteiger partial charge in [-0.05, 0) is 36.8 Å². The number of halogens is 1. The van der Waals surface area contributed by atoms with E-state index in [0.717, 1.165) is 16.6 Å². The predicted octanol–water partition coefficient (Wildman–Crippen LogP) is 3.85. The average Bonchev–Trinajstić information content (AvgIpc) is 2.76. The highest BCUT2D eigenvalue weighted by molar-refractivity contribution is 6.31. The molecular weight excluding hydrogens is 236 g/mol. The molecule has 0 radical (unpaired) electrons. The first kappa shape index (κ1) is 10.3. The number of hydrogen-bond acceptors (Lipinski definition) is 3. The highest BCUT2D eigenvalue weighted by atomic mass is 35.5.